The maximum absolute atomic E-state index is 13.8. The molecule has 0 radical (unpaired) electrons. The van der Waals surface area contributed by atoms with Crippen molar-refractivity contribution in [3.05, 3.63) is 71.8 Å². The Bertz CT molecular complexity index is 957. The van der Waals surface area contributed by atoms with Gasteiger partial charge < -0.3 is 5.32 Å². The molecule has 5 atom stereocenters. The van der Waals surface area contributed by atoms with E-state index in [4.69, 9.17) is 4.99 Å². The Kier molecular flexibility index (Phi) is 5.90. The van der Waals surface area contributed by atoms with Crippen molar-refractivity contribution in [2.24, 2.45) is 28.7 Å². The van der Waals surface area contributed by atoms with Gasteiger partial charge in [-0.15, -0.1) is 0 Å². The molecule has 4 heteroatoms. The highest BCUT2D eigenvalue weighted by atomic mass is 16.2. The van der Waals surface area contributed by atoms with Gasteiger partial charge in [0.15, 0.2) is 5.54 Å². The van der Waals surface area contributed by atoms with Crippen molar-refractivity contribution < 1.29 is 4.79 Å². The maximum atomic E-state index is 13.8. The van der Waals surface area contributed by atoms with Gasteiger partial charge in [0.05, 0.1) is 0 Å². The summed E-state index contributed by atoms with van der Waals surface area (Å²) in [5.41, 5.74) is 1.95. The molecule has 4 nitrogen and oxygen atoms in total. The highest BCUT2D eigenvalue weighted by Crippen LogP contribution is 2.55. The molecule has 3 heterocycles. The number of carbonyl (C=O) groups excluding carboxylic acids is 1. The molecule has 5 unspecified atom stereocenters. The summed E-state index contributed by atoms with van der Waals surface area (Å²) in [6.45, 7) is 7.14. The van der Waals surface area contributed by atoms with Crippen molar-refractivity contribution in [3.8, 4) is 0 Å². The second-order valence-electron chi connectivity index (χ2n) is 10.3. The molecule has 4 aliphatic rings. The van der Waals surface area contributed by atoms with E-state index in [-0.39, 0.29) is 11.9 Å². The maximum Gasteiger partial charge on any atom is 0.249 e. The molecule has 32 heavy (non-hydrogen) atoms. The first-order valence-corrected chi connectivity index (χ1v) is 12.2. The predicted molar refractivity (Wildman–Crippen MR) is 130 cm³/mol. The predicted octanol–water partition coefficient (Wildman–Crippen LogP) is 4.35. The zero-order chi connectivity index (χ0) is 22.1. The standard InChI is InChI=1S/C28H35N3O/c1-20(2)15-25-23-16-24-19-31(18-22-11-7-4-8-12-22)26(25)28(24,30-17-23)27(32)29-14-13-21-9-5-3-6-10-21/h3-12,17,20,23-26H,13-16,18-19H2,1-2H3,(H,29,32). The fraction of sp³-hybridized carbons (Fsp3) is 0.500. The highest BCUT2D eigenvalue weighted by Gasteiger charge is 2.67. The van der Waals surface area contributed by atoms with Crippen LogP contribution in [0.4, 0.5) is 0 Å². The molecule has 6 rings (SSSR count). The van der Waals surface area contributed by atoms with E-state index in [0.717, 1.165) is 32.4 Å². The lowest BCUT2D eigenvalue weighted by molar-refractivity contribution is -0.132. The van der Waals surface area contributed by atoms with Crippen LogP contribution < -0.4 is 5.32 Å². The van der Waals surface area contributed by atoms with Crippen LogP contribution in [0.3, 0.4) is 0 Å². The minimum absolute atomic E-state index is 0.141. The first kappa shape index (κ1) is 21.4. The topological polar surface area (TPSA) is 44.7 Å². The number of hydrogen-bond donors (Lipinski definition) is 1. The highest BCUT2D eigenvalue weighted by molar-refractivity contribution is 5.92. The lowest BCUT2D eigenvalue weighted by atomic mass is 9.59. The molecule has 1 saturated carbocycles. The minimum atomic E-state index is -0.625. The van der Waals surface area contributed by atoms with E-state index < -0.39 is 5.54 Å². The van der Waals surface area contributed by atoms with Crippen molar-refractivity contribution in [1.82, 2.24) is 10.2 Å². The normalized spacial score (nSPS) is 30.7. The second kappa shape index (κ2) is 8.82. The molecule has 1 amide bonds. The zero-order valence-corrected chi connectivity index (χ0v) is 19.3. The van der Waals surface area contributed by atoms with Crippen molar-refractivity contribution in [1.29, 1.82) is 0 Å². The van der Waals surface area contributed by atoms with Gasteiger partial charge in [0.25, 0.3) is 0 Å². The Hall–Kier alpha value is -2.46. The first-order chi connectivity index (χ1) is 15.6. The molecule has 2 aromatic rings. The molecule has 3 aliphatic heterocycles. The molecular formula is C28H35N3O. The van der Waals surface area contributed by atoms with Crippen LogP contribution in [0.15, 0.2) is 65.7 Å². The molecule has 0 spiro atoms. The molecule has 1 saturated heterocycles. The number of aliphatic imine (C=N–C) groups is 1. The third-order valence-corrected chi connectivity index (χ3v) is 7.79. The monoisotopic (exact) mass is 429 g/mol. The van der Waals surface area contributed by atoms with Crippen LogP contribution in [0.1, 0.15) is 37.8 Å². The summed E-state index contributed by atoms with van der Waals surface area (Å²) >= 11 is 0. The van der Waals surface area contributed by atoms with Crippen molar-refractivity contribution in [2.45, 2.75) is 51.2 Å². The average molecular weight is 430 g/mol. The van der Waals surface area contributed by atoms with Gasteiger partial charge in [-0.05, 0) is 48.1 Å². The number of amides is 1. The smallest absolute Gasteiger partial charge is 0.249 e. The SMILES string of the molecule is CC(C)CC1C2C=NC3(C(=O)NCCc4ccccc4)C(C2)CN(Cc2ccccc2)C13. The summed E-state index contributed by atoms with van der Waals surface area (Å²) in [7, 11) is 0. The Morgan fingerprint density at radius 1 is 1.09 bits per heavy atom. The summed E-state index contributed by atoms with van der Waals surface area (Å²) in [5, 5.41) is 3.30. The van der Waals surface area contributed by atoms with Gasteiger partial charge in [-0.2, -0.15) is 0 Å². The zero-order valence-electron chi connectivity index (χ0n) is 19.3. The summed E-state index contributed by atoms with van der Waals surface area (Å²) in [5.74, 6) is 2.07. The quantitative estimate of drug-likeness (QED) is 0.678. The summed E-state index contributed by atoms with van der Waals surface area (Å²) in [4.78, 5) is 21.4. The largest absolute Gasteiger partial charge is 0.354 e. The lowest BCUT2D eigenvalue weighted by Crippen LogP contribution is -2.65. The van der Waals surface area contributed by atoms with Crippen LogP contribution in [-0.2, 0) is 17.8 Å². The van der Waals surface area contributed by atoms with Gasteiger partial charge in [0.1, 0.15) is 0 Å². The second-order valence-corrected chi connectivity index (χ2v) is 10.3. The Morgan fingerprint density at radius 3 is 2.47 bits per heavy atom. The number of nitrogens with zero attached hydrogens (tertiary/aromatic N) is 2. The van der Waals surface area contributed by atoms with Gasteiger partial charge in [0, 0.05) is 37.8 Å². The van der Waals surface area contributed by atoms with Crippen molar-refractivity contribution in [3.63, 3.8) is 0 Å². The summed E-state index contributed by atoms with van der Waals surface area (Å²) in [6, 6.07) is 21.3. The van der Waals surface area contributed by atoms with E-state index in [1.165, 1.54) is 11.1 Å². The molecule has 1 aliphatic carbocycles. The van der Waals surface area contributed by atoms with Crippen LogP contribution >= 0.6 is 0 Å². The molecule has 2 fully saturated rings. The van der Waals surface area contributed by atoms with Crippen LogP contribution in [0.5, 0.6) is 0 Å². The number of nitrogens with one attached hydrogen (secondary N) is 1. The molecular weight excluding hydrogens is 394 g/mol. The third-order valence-electron chi connectivity index (χ3n) is 7.79. The van der Waals surface area contributed by atoms with Crippen LogP contribution in [0.25, 0.3) is 0 Å². The van der Waals surface area contributed by atoms with E-state index in [1.807, 2.05) is 6.07 Å². The van der Waals surface area contributed by atoms with E-state index >= 15 is 0 Å². The van der Waals surface area contributed by atoms with Gasteiger partial charge >= 0.3 is 0 Å². The van der Waals surface area contributed by atoms with Crippen molar-refractivity contribution >= 4 is 12.1 Å². The fourth-order valence-corrected chi connectivity index (χ4v) is 6.53. The molecule has 1 N–H and O–H groups in total. The number of benzene rings is 2. The Morgan fingerprint density at radius 2 is 1.78 bits per heavy atom. The Balaban J connectivity index is 1.39. The lowest BCUT2D eigenvalue weighted by Gasteiger charge is -2.51. The number of carbonyl (C=O) groups is 1. The molecule has 2 aromatic carbocycles. The molecule has 0 aromatic heterocycles. The van der Waals surface area contributed by atoms with Gasteiger partial charge in [-0.1, -0.05) is 74.5 Å². The third kappa shape index (κ3) is 3.79. The minimum Gasteiger partial charge on any atom is -0.354 e. The van der Waals surface area contributed by atoms with Crippen molar-refractivity contribution in [2.75, 3.05) is 13.1 Å². The first-order valence-electron chi connectivity index (χ1n) is 12.2. The summed E-state index contributed by atoms with van der Waals surface area (Å²) < 4.78 is 0. The van der Waals surface area contributed by atoms with Gasteiger partial charge in [0.2, 0.25) is 5.91 Å². The molecule has 4 bridgehead atoms. The number of likely N-dealkylation sites (tertiary alicyclic amines) is 1. The Labute approximate surface area is 192 Å². The van der Waals surface area contributed by atoms with Crippen LogP contribution in [0.2, 0.25) is 0 Å². The van der Waals surface area contributed by atoms with Gasteiger partial charge in [-0.3, -0.25) is 14.7 Å². The average Bonchev–Trinajstić information content (AvgIpc) is 3.06. The van der Waals surface area contributed by atoms with Crippen LogP contribution in [-0.4, -0.2) is 41.7 Å². The van der Waals surface area contributed by atoms with E-state index in [0.29, 0.717) is 30.2 Å². The van der Waals surface area contributed by atoms with E-state index in [9.17, 15) is 4.79 Å². The molecule has 168 valence electrons. The van der Waals surface area contributed by atoms with E-state index in [2.05, 4.69) is 84.9 Å². The summed E-state index contributed by atoms with van der Waals surface area (Å²) in [6.07, 6.45) is 5.24. The van der Waals surface area contributed by atoms with Gasteiger partial charge in [-0.25, -0.2) is 0 Å². The van der Waals surface area contributed by atoms with Crippen LogP contribution in [0, 0.1) is 23.7 Å². The van der Waals surface area contributed by atoms with E-state index in [1.54, 1.807) is 0 Å². The fourth-order valence-electron chi connectivity index (χ4n) is 6.53. The number of hydrogen-bond acceptors (Lipinski definition) is 3. The number of rotatable bonds is 8.